The average molecular weight is 435 g/mol. The molecule has 0 unspecified atom stereocenters. The van der Waals surface area contributed by atoms with E-state index in [0.717, 1.165) is 10.1 Å². The van der Waals surface area contributed by atoms with Crippen molar-refractivity contribution in [1.29, 1.82) is 0 Å². The number of amides is 1. The van der Waals surface area contributed by atoms with Gasteiger partial charge in [-0.2, -0.15) is 5.10 Å². The number of benzene rings is 3. The summed E-state index contributed by atoms with van der Waals surface area (Å²) in [5, 5.41) is 5.17. The van der Waals surface area contributed by atoms with Crippen molar-refractivity contribution in [2.45, 2.75) is 0 Å². The topological polar surface area (TPSA) is 67.8 Å². The predicted octanol–water partition coefficient (Wildman–Crippen LogP) is 5.54. The lowest BCUT2D eigenvalue weighted by atomic mass is 10.2. The minimum atomic E-state index is -0.521. The molecule has 0 aliphatic rings. The molecule has 0 fully saturated rings. The third kappa shape index (κ3) is 4.40. The molecule has 1 N–H and O–H groups in total. The molecule has 4 aromatic rings. The Balaban J connectivity index is 1.44. The molecular formula is C23H15ClN2O3S. The molecule has 1 heterocycles. The molecule has 148 valence electrons. The third-order valence-corrected chi connectivity index (χ3v) is 5.86. The van der Waals surface area contributed by atoms with E-state index in [1.165, 1.54) is 17.6 Å². The number of halogens is 1. The number of nitrogens with zero attached hydrogens (tertiary/aromatic N) is 1. The molecule has 5 nitrogen and oxygen atoms in total. The van der Waals surface area contributed by atoms with Crippen molar-refractivity contribution >= 4 is 51.1 Å². The highest BCUT2D eigenvalue weighted by Gasteiger charge is 2.19. The Morgan fingerprint density at radius 2 is 1.73 bits per heavy atom. The summed E-state index contributed by atoms with van der Waals surface area (Å²) in [5.41, 5.74) is 3.64. The normalized spacial score (nSPS) is 11.0. The molecule has 4 rings (SSSR count). The zero-order valence-corrected chi connectivity index (χ0v) is 17.1. The van der Waals surface area contributed by atoms with Crippen LogP contribution >= 0.6 is 22.9 Å². The quantitative estimate of drug-likeness (QED) is 0.194. The van der Waals surface area contributed by atoms with Gasteiger partial charge in [-0.25, -0.2) is 10.2 Å². The van der Waals surface area contributed by atoms with E-state index in [0.29, 0.717) is 26.8 Å². The van der Waals surface area contributed by atoms with Gasteiger partial charge in [-0.05, 0) is 35.9 Å². The minimum Gasteiger partial charge on any atom is -0.422 e. The number of ether oxygens (including phenoxy) is 1. The largest absolute Gasteiger partial charge is 0.422 e. The van der Waals surface area contributed by atoms with Crippen LogP contribution in [0.4, 0.5) is 0 Å². The number of nitrogens with one attached hydrogen (secondary N) is 1. The molecule has 0 bridgehead atoms. The summed E-state index contributed by atoms with van der Waals surface area (Å²) in [6, 6.07) is 23.1. The van der Waals surface area contributed by atoms with E-state index < -0.39 is 5.97 Å². The summed E-state index contributed by atoms with van der Waals surface area (Å²) in [6.07, 6.45) is 1.48. The second-order valence-corrected chi connectivity index (χ2v) is 7.70. The lowest BCUT2D eigenvalue weighted by molar-refractivity contribution is 0.0740. The van der Waals surface area contributed by atoms with Gasteiger partial charge in [-0.15, -0.1) is 11.3 Å². The van der Waals surface area contributed by atoms with Gasteiger partial charge in [0.2, 0.25) is 0 Å². The van der Waals surface area contributed by atoms with Crippen molar-refractivity contribution in [1.82, 2.24) is 5.43 Å². The van der Waals surface area contributed by atoms with E-state index in [4.69, 9.17) is 16.3 Å². The summed E-state index contributed by atoms with van der Waals surface area (Å²) in [5.74, 6) is -0.478. The first-order valence-electron chi connectivity index (χ1n) is 8.99. The summed E-state index contributed by atoms with van der Waals surface area (Å²) in [6.45, 7) is 0. The number of fused-ring (bicyclic) bond motifs is 1. The predicted molar refractivity (Wildman–Crippen MR) is 120 cm³/mol. The number of carbonyl (C=O) groups is 2. The highest BCUT2D eigenvalue weighted by molar-refractivity contribution is 7.21. The van der Waals surface area contributed by atoms with E-state index in [-0.39, 0.29) is 5.91 Å². The molecule has 0 radical (unpaired) electrons. The van der Waals surface area contributed by atoms with E-state index in [2.05, 4.69) is 10.5 Å². The molecule has 0 atom stereocenters. The van der Waals surface area contributed by atoms with Crippen molar-refractivity contribution in [3.8, 4) is 5.75 Å². The van der Waals surface area contributed by atoms with Gasteiger partial charge in [0.25, 0.3) is 5.91 Å². The molecular weight excluding hydrogens is 420 g/mol. The van der Waals surface area contributed by atoms with Crippen LogP contribution in [-0.2, 0) is 0 Å². The number of rotatable bonds is 5. The maximum absolute atomic E-state index is 12.6. The van der Waals surface area contributed by atoms with E-state index in [1.54, 1.807) is 48.5 Å². The molecule has 7 heteroatoms. The number of carbonyl (C=O) groups excluding carboxylic acids is 2. The van der Waals surface area contributed by atoms with Crippen LogP contribution in [0.2, 0.25) is 5.02 Å². The van der Waals surface area contributed by atoms with Crippen molar-refractivity contribution < 1.29 is 14.3 Å². The van der Waals surface area contributed by atoms with Gasteiger partial charge >= 0.3 is 5.97 Å². The van der Waals surface area contributed by atoms with Crippen LogP contribution in [0.1, 0.15) is 25.6 Å². The van der Waals surface area contributed by atoms with Crippen molar-refractivity contribution in [2.75, 3.05) is 0 Å². The van der Waals surface area contributed by atoms with Gasteiger partial charge in [0.1, 0.15) is 10.6 Å². The van der Waals surface area contributed by atoms with Gasteiger partial charge < -0.3 is 4.74 Å². The summed E-state index contributed by atoms with van der Waals surface area (Å²) >= 11 is 7.64. The van der Waals surface area contributed by atoms with Crippen LogP contribution in [-0.4, -0.2) is 18.1 Å². The second kappa shape index (κ2) is 8.90. The fourth-order valence-electron chi connectivity index (χ4n) is 2.78. The molecule has 30 heavy (non-hydrogen) atoms. The lowest BCUT2D eigenvalue weighted by Crippen LogP contribution is -2.17. The van der Waals surface area contributed by atoms with Gasteiger partial charge in [0, 0.05) is 15.6 Å². The SMILES string of the molecule is O=C(N/N=C/c1cccc(OC(=O)c2sc3ccccc3c2Cl)c1)c1ccccc1. The van der Waals surface area contributed by atoms with E-state index in [1.807, 2.05) is 30.3 Å². The van der Waals surface area contributed by atoms with Crippen molar-refractivity contribution in [3.63, 3.8) is 0 Å². The standard InChI is InChI=1S/C23H15ClN2O3S/c24-20-18-11-4-5-12-19(18)30-21(20)23(28)29-17-10-6-7-15(13-17)14-25-26-22(27)16-8-2-1-3-9-16/h1-14H,(H,26,27)/b25-14+. The zero-order valence-electron chi connectivity index (χ0n) is 15.5. The molecule has 3 aromatic carbocycles. The Bertz CT molecular complexity index is 1250. The molecule has 1 amide bonds. The first-order chi connectivity index (χ1) is 14.6. The monoisotopic (exact) mass is 434 g/mol. The summed E-state index contributed by atoms with van der Waals surface area (Å²) in [4.78, 5) is 24.9. The van der Waals surface area contributed by atoms with Crippen LogP contribution in [0.15, 0.2) is 84.0 Å². The number of esters is 1. The maximum atomic E-state index is 12.6. The zero-order chi connectivity index (χ0) is 20.9. The average Bonchev–Trinajstić information content (AvgIpc) is 3.11. The van der Waals surface area contributed by atoms with Gasteiger partial charge in [-0.3, -0.25) is 4.79 Å². The van der Waals surface area contributed by atoms with Gasteiger partial charge in [-0.1, -0.05) is 60.1 Å². The fraction of sp³-hybridized carbons (Fsp3) is 0. The maximum Gasteiger partial charge on any atom is 0.355 e. The Morgan fingerprint density at radius 1 is 0.967 bits per heavy atom. The Morgan fingerprint density at radius 3 is 2.53 bits per heavy atom. The number of hydrogen-bond acceptors (Lipinski definition) is 5. The Labute approximate surface area is 181 Å². The summed E-state index contributed by atoms with van der Waals surface area (Å²) < 4.78 is 6.41. The van der Waals surface area contributed by atoms with E-state index in [9.17, 15) is 9.59 Å². The van der Waals surface area contributed by atoms with Gasteiger partial charge in [0.15, 0.2) is 0 Å². The number of hydrogen-bond donors (Lipinski definition) is 1. The van der Waals surface area contributed by atoms with Gasteiger partial charge in [0.05, 0.1) is 11.2 Å². The lowest BCUT2D eigenvalue weighted by Gasteiger charge is -2.04. The first kappa shape index (κ1) is 19.8. The van der Waals surface area contributed by atoms with Crippen LogP contribution < -0.4 is 10.2 Å². The fourth-order valence-corrected chi connectivity index (χ4v) is 4.16. The highest BCUT2D eigenvalue weighted by atomic mass is 35.5. The van der Waals surface area contributed by atoms with Crippen molar-refractivity contribution in [3.05, 3.63) is 99.9 Å². The van der Waals surface area contributed by atoms with E-state index >= 15 is 0 Å². The van der Waals surface area contributed by atoms with Crippen LogP contribution in [0.3, 0.4) is 0 Å². The molecule has 0 spiro atoms. The smallest absolute Gasteiger partial charge is 0.355 e. The summed E-state index contributed by atoms with van der Waals surface area (Å²) in [7, 11) is 0. The Kier molecular flexibility index (Phi) is 5.88. The second-order valence-electron chi connectivity index (χ2n) is 6.27. The van der Waals surface area contributed by atoms with Crippen LogP contribution in [0.5, 0.6) is 5.75 Å². The highest BCUT2D eigenvalue weighted by Crippen LogP contribution is 2.35. The molecule has 0 aliphatic carbocycles. The molecule has 0 aliphatic heterocycles. The third-order valence-electron chi connectivity index (χ3n) is 4.20. The number of thiophene rings is 1. The van der Waals surface area contributed by atoms with Crippen LogP contribution in [0.25, 0.3) is 10.1 Å². The molecule has 0 saturated heterocycles. The minimum absolute atomic E-state index is 0.311. The van der Waals surface area contributed by atoms with Crippen LogP contribution in [0, 0.1) is 0 Å². The van der Waals surface area contributed by atoms with Crippen molar-refractivity contribution in [2.24, 2.45) is 5.10 Å². The molecule has 0 saturated carbocycles. The number of hydrazone groups is 1. The Hall–Kier alpha value is -3.48. The molecule has 1 aromatic heterocycles. The first-order valence-corrected chi connectivity index (χ1v) is 10.2.